The monoisotopic (exact) mass is 248 g/mol. The van der Waals surface area contributed by atoms with E-state index in [2.05, 4.69) is 10.6 Å². The second-order valence-electron chi connectivity index (χ2n) is 4.72. The van der Waals surface area contributed by atoms with Crippen molar-refractivity contribution >= 4 is 5.91 Å². The Morgan fingerprint density at radius 3 is 2.94 bits per heavy atom. The van der Waals surface area contributed by atoms with Crippen LogP contribution >= 0.6 is 0 Å². The fourth-order valence-electron chi connectivity index (χ4n) is 1.78. The molecule has 0 radical (unpaired) electrons. The molecule has 1 atom stereocenters. The normalized spacial score (nSPS) is 16.1. The molecule has 2 N–H and O–H groups in total. The second kappa shape index (κ2) is 5.87. The van der Waals surface area contributed by atoms with Gasteiger partial charge in [0.05, 0.1) is 13.7 Å². The van der Waals surface area contributed by atoms with Crippen molar-refractivity contribution in [3.05, 3.63) is 29.8 Å². The lowest BCUT2D eigenvalue weighted by Gasteiger charge is -2.14. The van der Waals surface area contributed by atoms with Crippen LogP contribution < -0.4 is 15.4 Å². The standard InChI is InChI=1S/C14H20N2O2/c1-10(11-4-3-5-13(8-11)18-2)15-9-14(17)16-12-6-7-12/h3-5,8,10,12,15H,6-7,9H2,1-2H3,(H,16,17)/t10-/m1/s1. The van der Waals surface area contributed by atoms with E-state index < -0.39 is 0 Å². The topological polar surface area (TPSA) is 50.4 Å². The van der Waals surface area contributed by atoms with Gasteiger partial charge in [0.25, 0.3) is 0 Å². The van der Waals surface area contributed by atoms with Crippen LogP contribution in [0.2, 0.25) is 0 Å². The number of rotatable bonds is 6. The Balaban J connectivity index is 1.82. The lowest BCUT2D eigenvalue weighted by atomic mass is 10.1. The van der Waals surface area contributed by atoms with Crippen LogP contribution in [0.1, 0.15) is 31.4 Å². The molecule has 98 valence electrons. The highest BCUT2D eigenvalue weighted by molar-refractivity contribution is 5.78. The summed E-state index contributed by atoms with van der Waals surface area (Å²) in [4.78, 5) is 11.6. The SMILES string of the molecule is COc1cccc([C@@H](C)NCC(=O)NC2CC2)c1. The predicted octanol–water partition coefficient (Wildman–Crippen LogP) is 1.62. The molecule has 0 saturated heterocycles. The summed E-state index contributed by atoms with van der Waals surface area (Å²) >= 11 is 0. The van der Waals surface area contributed by atoms with Crippen molar-refractivity contribution in [3.8, 4) is 5.75 Å². The van der Waals surface area contributed by atoms with Gasteiger partial charge >= 0.3 is 0 Å². The molecular formula is C14H20N2O2. The zero-order valence-electron chi connectivity index (χ0n) is 10.9. The molecule has 18 heavy (non-hydrogen) atoms. The highest BCUT2D eigenvalue weighted by Gasteiger charge is 2.23. The number of carbonyl (C=O) groups is 1. The van der Waals surface area contributed by atoms with Crippen LogP contribution in [0.4, 0.5) is 0 Å². The second-order valence-corrected chi connectivity index (χ2v) is 4.72. The van der Waals surface area contributed by atoms with E-state index in [-0.39, 0.29) is 11.9 Å². The van der Waals surface area contributed by atoms with E-state index in [0.29, 0.717) is 12.6 Å². The summed E-state index contributed by atoms with van der Waals surface area (Å²) < 4.78 is 5.18. The fourth-order valence-corrected chi connectivity index (χ4v) is 1.78. The zero-order valence-corrected chi connectivity index (χ0v) is 10.9. The maximum Gasteiger partial charge on any atom is 0.234 e. The van der Waals surface area contributed by atoms with Crippen molar-refractivity contribution in [2.24, 2.45) is 0 Å². The predicted molar refractivity (Wildman–Crippen MR) is 70.6 cm³/mol. The van der Waals surface area contributed by atoms with Crippen molar-refractivity contribution in [2.45, 2.75) is 31.8 Å². The smallest absolute Gasteiger partial charge is 0.234 e. The highest BCUT2D eigenvalue weighted by atomic mass is 16.5. The first-order chi connectivity index (χ1) is 8.69. The van der Waals surface area contributed by atoms with Crippen LogP contribution in [0.5, 0.6) is 5.75 Å². The Morgan fingerprint density at radius 2 is 2.28 bits per heavy atom. The van der Waals surface area contributed by atoms with Crippen molar-refractivity contribution in [2.75, 3.05) is 13.7 Å². The number of ether oxygens (including phenoxy) is 1. The van der Waals surface area contributed by atoms with Crippen LogP contribution in [0, 0.1) is 0 Å². The lowest BCUT2D eigenvalue weighted by molar-refractivity contribution is -0.120. The van der Waals surface area contributed by atoms with Crippen LogP contribution in [-0.2, 0) is 4.79 Å². The molecule has 0 aliphatic heterocycles. The minimum atomic E-state index is 0.0762. The Morgan fingerprint density at radius 1 is 1.50 bits per heavy atom. The number of methoxy groups -OCH3 is 1. The molecule has 0 unspecified atom stereocenters. The molecule has 1 fully saturated rings. The number of hydrogen-bond acceptors (Lipinski definition) is 3. The van der Waals surface area contributed by atoms with Crippen molar-refractivity contribution < 1.29 is 9.53 Å². The molecule has 1 aromatic carbocycles. The third-order valence-electron chi connectivity index (χ3n) is 3.11. The first-order valence-electron chi connectivity index (χ1n) is 6.35. The summed E-state index contributed by atoms with van der Waals surface area (Å²) in [5.74, 6) is 0.913. The summed E-state index contributed by atoms with van der Waals surface area (Å²) in [6.45, 7) is 2.40. The molecule has 1 amide bonds. The van der Waals surface area contributed by atoms with Gasteiger partial charge in [0, 0.05) is 12.1 Å². The summed E-state index contributed by atoms with van der Waals surface area (Å²) in [6.07, 6.45) is 2.24. The minimum absolute atomic E-state index is 0.0762. The molecule has 4 nitrogen and oxygen atoms in total. The molecule has 4 heteroatoms. The van der Waals surface area contributed by atoms with E-state index in [0.717, 1.165) is 24.2 Å². The van der Waals surface area contributed by atoms with Gasteiger partial charge in [0.1, 0.15) is 5.75 Å². The van der Waals surface area contributed by atoms with Crippen LogP contribution in [0.25, 0.3) is 0 Å². The van der Waals surface area contributed by atoms with Gasteiger partial charge < -0.3 is 15.4 Å². The molecule has 1 aliphatic rings. The summed E-state index contributed by atoms with van der Waals surface area (Å²) in [7, 11) is 1.65. The fraction of sp³-hybridized carbons (Fsp3) is 0.500. The Labute approximate surface area is 108 Å². The summed E-state index contributed by atoms with van der Waals surface area (Å²) in [5, 5.41) is 6.17. The summed E-state index contributed by atoms with van der Waals surface area (Å²) in [5.41, 5.74) is 1.12. The first kappa shape index (κ1) is 12.9. The van der Waals surface area contributed by atoms with Crippen LogP contribution in [0.15, 0.2) is 24.3 Å². The molecule has 2 rings (SSSR count). The Hall–Kier alpha value is -1.55. The first-order valence-corrected chi connectivity index (χ1v) is 6.35. The molecular weight excluding hydrogens is 228 g/mol. The van der Waals surface area contributed by atoms with Gasteiger partial charge in [-0.05, 0) is 37.5 Å². The minimum Gasteiger partial charge on any atom is -0.497 e. The third-order valence-corrected chi connectivity index (χ3v) is 3.11. The molecule has 0 bridgehead atoms. The lowest BCUT2D eigenvalue weighted by Crippen LogP contribution is -2.36. The zero-order chi connectivity index (χ0) is 13.0. The third kappa shape index (κ3) is 3.74. The van der Waals surface area contributed by atoms with E-state index in [4.69, 9.17) is 4.74 Å². The average Bonchev–Trinajstić information content (AvgIpc) is 3.20. The average molecular weight is 248 g/mol. The Kier molecular flexibility index (Phi) is 4.20. The van der Waals surface area contributed by atoms with E-state index in [1.807, 2.05) is 31.2 Å². The highest BCUT2D eigenvalue weighted by Crippen LogP contribution is 2.19. The quantitative estimate of drug-likeness (QED) is 0.804. The number of carbonyl (C=O) groups excluding carboxylic acids is 1. The van der Waals surface area contributed by atoms with E-state index in [1.54, 1.807) is 7.11 Å². The molecule has 0 spiro atoms. The van der Waals surface area contributed by atoms with Crippen molar-refractivity contribution in [1.29, 1.82) is 0 Å². The van der Waals surface area contributed by atoms with E-state index in [9.17, 15) is 4.79 Å². The summed E-state index contributed by atoms with van der Waals surface area (Å²) in [6, 6.07) is 8.43. The maximum absolute atomic E-state index is 11.6. The van der Waals surface area contributed by atoms with Gasteiger partial charge in [-0.3, -0.25) is 4.79 Å². The molecule has 1 aromatic rings. The molecule has 0 aromatic heterocycles. The van der Waals surface area contributed by atoms with Gasteiger partial charge in [-0.2, -0.15) is 0 Å². The van der Waals surface area contributed by atoms with Gasteiger partial charge in [-0.25, -0.2) is 0 Å². The molecule has 0 heterocycles. The largest absolute Gasteiger partial charge is 0.497 e. The van der Waals surface area contributed by atoms with E-state index >= 15 is 0 Å². The van der Waals surface area contributed by atoms with Crippen molar-refractivity contribution in [3.63, 3.8) is 0 Å². The number of hydrogen-bond donors (Lipinski definition) is 2. The molecule has 1 aliphatic carbocycles. The number of benzene rings is 1. The number of nitrogens with one attached hydrogen (secondary N) is 2. The van der Waals surface area contributed by atoms with Gasteiger partial charge in [-0.1, -0.05) is 12.1 Å². The number of amides is 1. The molecule has 1 saturated carbocycles. The van der Waals surface area contributed by atoms with Gasteiger partial charge in [-0.15, -0.1) is 0 Å². The maximum atomic E-state index is 11.6. The van der Waals surface area contributed by atoms with Gasteiger partial charge in [0.2, 0.25) is 5.91 Å². The van der Waals surface area contributed by atoms with Gasteiger partial charge in [0.15, 0.2) is 0 Å². The van der Waals surface area contributed by atoms with Crippen LogP contribution in [0.3, 0.4) is 0 Å². The van der Waals surface area contributed by atoms with Crippen molar-refractivity contribution in [1.82, 2.24) is 10.6 Å². The Bertz CT molecular complexity index is 416. The van der Waals surface area contributed by atoms with E-state index in [1.165, 1.54) is 0 Å². The van der Waals surface area contributed by atoms with Crippen LogP contribution in [-0.4, -0.2) is 25.6 Å².